The Labute approximate surface area is 149 Å². The lowest BCUT2D eigenvalue weighted by molar-refractivity contribution is -0.123. The lowest BCUT2D eigenvalue weighted by Gasteiger charge is -2.08. The Bertz CT molecular complexity index is 946. The Balaban J connectivity index is 1.48. The molecule has 1 aromatic heterocycles. The van der Waals surface area contributed by atoms with Crippen molar-refractivity contribution in [3.8, 4) is 11.8 Å². The molecule has 0 aliphatic carbocycles. The summed E-state index contributed by atoms with van der Waals surface area (Å²) in [5, 5.41) is 12.1. The molecule has 0 radical (unpaired) electrons. The average Bonchev–Trinajstić information content (AvgIpc) is 3.02. The van der Waals surface area contributed by atoms with Crippen molar-refractivity contribution < 1.29 is 9.53 Å². The summed E-state index contributed by atoms with van der Waals surface area (Å²) in [6, 6.07) is 14.4. The number of hydrogen-bond donors (Lipinski definition) is 2. The van der Waals surface area contributed by atoms with Crippen LogP contribution in [0.15, 0.2) is 42.5 Å². The second kappa shape index (κ2) is 7.69. The van der Waals surface area contributed by atoms with Crippen molar-refractivity contribution in [1.29, 1.82) is 5.26 Å². The third-order valence-corrected chi connectivity index (χ3v) is 3.85. The van der Waals surface area contributed by atoms with Crippen molar-refractivity contribution in [2.75, 3.05) is 13.2 Å². The Morgan fingerprint density at radius 1 is 1.32 bits per heavy atom. The number of para-hydroxylation sites is 1. The van der Waals surface area contributed by atoms with Crippen LogP contribution in [0.1, 0.15) is 11.4 Å². The van der Waals surface area contributed by atoms with Crippen LogP contribution in [-0.4, -0.2) is 29.0 Å². The zero-order valence-corrected chi connectivity index (χ0v) is 14.0. The van der Waals surface area contributed by atoms with Gasteiger partial charge in [-0.2, -0.15) is 5.26 Å². The third-order valence-electron chi connectivity index (χ3n) is 3.54. The fraction of sp³-hybridized carbons (Fsp3) is 0.167. The number of benzene rings is 2. The summed E-state index contributed by atoms with van der Waals surface area (Å²) in [7, 11) is 0. The summed E-state index contributed by atoms with van der Waals surface area (Å²) in [5.74, 6) is 0.991. The van der Waals surface area contributed by atoms with Crippen LogP contribution in [0.25, 0.3) is 11.0 Å². The van der Waals surface area contributed by atoms with E-state index in [0.717, 1.165) is 16.9 Å². The number of nitriles is 1. The maximum atomic E-state index is 11.8. The molecule has 126 valence electrons. The Morgan fingerprint density at radius 3 is 2.96 bits per heavy atom. The summed E-state index contributed by atoms with van der Waals surface area (Å²) in [6.45, 7) is 0.324. The van der Waals surface area contributed by atoms with Crippen molar-refractivity contribution in [2.45, 2.75) is 6.42 Å². The number of imidazole rings is 1. The summed E-state index contributed by atoms with van der Waals surface area (Å²) >= 11 is 5.96. The van der Waals surface area contributed by atoms with Crippen LogP contribution in [0.5, 0.6) is 5.75 Å². The molecular formula is C18H15ClN4O2. The zero-order valence-electron chi connectivity index (χ0n) is 13.3. The van der Waals surface area contributed by atoms with Crippen molar-refractivity contribution in [3.63, 3.8) is 0 Å². The van der Waals surface area contributed by atoms with Crippen molar-refractivity contribution in [2.24, 2.45) is 0 Å². The van der Waals surface area contributed by atoms with Crippen LogP contribution >= 0.6 is 11.6 Å². The van der Waals surface area contributed by atoms with Crippen molar-refractivity contribution >= 4 is 28.5 Å². The maximum absolute atomic E-state index is 11.8. The molecule has 0 unspecified atom stereocenters. The zero-order chi connectivity index (χ0) is 17.6. The maximum Gasteiger partial charge on any atom is 0.257 e. The van der Waals surface area contributed by atoms with E-state index in [4.69, 9.17) is 21.6 Å². The number of carbonyl (C=O) groups is 1. The first-order chi connectivity index (χ1) is 12.2. The van der Waals surface area contributed by atoms with Crippen LogP contribution in [0.3, 0.4) is 0 Å². The highest BCUT2D eigenvalue weighted by Gasteiger charge is 2.07. The molecule has 2 aromatic carbocycles. The number of ether oxygens (including phenoxy) is 1. The summed E-state index contributed by atoms with van der Waals surface area (Å²) < 4.78 is 5.38. The van der Waals surface area contributed by atoms with Gasteiger partial charge in [0.05, 0.1) is 27.7 Å². The Kier molecular flexibility index (Phi) is 5.17. The number of halogens is 1. The summed E-state index contributed by atoms with van der Waals surface area (Å²) in [4.78, 5) is 19.4. The number of hydrogen-bond acceptors (Lipinski definition) is 4. The van der Waals surface area contributed by atoms with E-state index in [1.807, 2.05) is 0 Å². The monoisotopic (exact) mass is 354 g/mol. The van der Waals surface area contributed by atoms with Gasteiger partial charge in [-0.15, -0.1) is 0 Å². The molecule has 2 N–H and O–H groups in total. The van der Waals surface area contributed by atoms with E-state index >= 15 is 0 Å². The largest absolute Gasteiger partial charge is 0.482 e. The average molecular weight is 355 g/mol. The molecule has 0 atom stereocenters. The van der Waals surface area contributed by atoms with Crippen LogP contribution in [0.4, 0.5) is 0 Å². The topological polar surface area (TPSA) is 90.8 Å². The standard InChI is InChI=1S/C18H15ClN4O2/c19-13-3-1-2-4-16(13)25-11-18(24)21-8-7-17-22-14-6-5-12(10-20)9-15(14)23-17/h1-6,9H,7-8,11H2,(H,21,24)(H,22,23). The fourth-order valence-corrected chi connectivity index (χ4v) is 2.52. The molecule has 0 bridgehead atoms. The molecule has 0 saturated heterocycles. The van der Waals surface area contributed by atoms with Gasteiger partial charge < -0.3 is 15.0 Å². The van der Waals surface area contributed by atoms with Gasteiger partial charge in [-0.1, -0.05) is 23.7 Å². The number of aromatic nitrogens is 2. The highest BCUT2D eigenvalue weighted by Crippen LogP contribution is 2.22. The smallest absolute Gasteiger partial charge is 0.257 e. The molecule has 3 aromatic rings. The van der Waals surface area contributed by atoms with Crippen molar-refractivity contribution in [1.82, 2.24) is 15.3 Å². The normalized spacial score (nSPS) is 10.4. The van der Waals surface area contributed by atoms with Gasteiger partial charge in [0.2, 0.25) is 0 Å². The summed E-state index contributed by atoms with van der Waals surface area (Å²) in [5.41, 5.74) is 2.18. The minimum absolute atomic E-state index is 0.102. The van der Waals surface area contributed by atoms with Crippen LogP contribution in [-0.2, 0) is 11.2 Å². The first-order valence-electron chi connectivity index (χ1n) is 7.68. The number of fused-ring (bicyclic) bond motifs is 1. The quantitative estimate of drug-likeness (QED) is 0.712. The van der Waals surface area contributed by atoms with Gasteiger partial charge >= 0.3 is 0 Å². The van der Waals surface area contributed by atoms with Gasteiger partial charge in [0, 0.05) is 13.0 Å². The fourth-order valence-electron chi connectivity index (χ4n) is 2.33. The summed E-state index contributed by atoms with van der Waals surface area (Å²) in [6.07, 6.45) is 0.550. The molecule has 0 spiro atoms. The van der Waals surface area contributed by atoms with E-state index in [1.54, 1.807) is 42.5 Å². The van der Waals surface area contributed by atoms with E-state index in [1.165, 1.54) is 0 Å². The number of rotatable bonds is 6. The van der Waals surface area contributed by atoms with Gasteiger partial charge in [-0.25, -0.2) is 4.98 Å². The highest BCUT2D eigenvalue weighted by atomic mass is 35.5. The second-order valence-electron chi connectivity index (χ2n) is 5.35. The molecule has 0 fully saturated rings. The minimum atomic E-state index is -0.234. The van der Waals surface area contributed by atoms with E-state index < -0.39 is 0 Å². The molecule has 0 aliphatic rings. The molecule has 6 nitrogen and oxygen atoms in total. The van der Waals surface area contributed by atoms with Crippen LogP contribution in [0, 0.1) is 11.3 Å². The SMILES string of the molecule is N#Cc1ccc2nc(CCNC(=O)COc3ccccc3Cl)[nH]c2c1. The van der Waals surface area contributed by atoms with Gasteiger partial charge in [-0.3, -0.25) is 4.79 Å². The predicted molar refractivity (Wildman–Crippen MR) is 94.5 cm³/mol. The second-order valence-corrected chi connectivity index (χ2v) is 5.75. The van der Waals surface area contributed by atoms with E-state index in [-0.39, 0.29) is 12.5 Å². The molecular weight excluding hydrogens is 340 g/mol. The third kappa shape index (κ3) is 4.28. The number of amides is 1. The highest BCUT2D eigenvalue weighted by molar-refractivity contribution is 6.32. The molecule has 25 heavy (non-hydrogen) atoms. The molecule has 1 amide bonds. The Morgan fingerprint density at radius 2 is 2.16 bits per heavy atom. The number of carbonyl (C=O) groups excluding carboxylic acids is 1. The molecule has 1 heterocycles. The van der Waals surface area contributed by atoms with Gasteiger partial charge in [-0.05, 0) is 30.3 Å². The van der Waals surface area contributed by atoms with Gasteiger partial charge in [0.15, 0.2) is 6.61 Å². The van der Waals surface area contributed by atoms with Crippen LogP contribution in [0.2, 0.25) is 5.02 Å². The molecule has 0 saturated carbocycles. The number of H-pyrrole nitrogens is 1. The van der Waals surface area contributed by atoms with Crippen LogP contribution < -0.4 is 10.1 Å². The Hall–Kier alpha value is -3.04. The van der Waals surface area contributed by atoms with Gasteiger partial charge in [0.1, 0.15) is 11.6 Å². The number of aromatic amines is 1. The first-order valence-corrected chi connectivity index (χ1v) is 8.06. The van der Waals surface area contributed by atoms with Gasteiger partial charge in [0.25, 0.3) is 5.91 Å². The lowest BCUT2D eigenvalue weighted by atomic mass is 10.2. The minimum Gasteiger partial charge on any atom is -0.482 e. The molecule has 0 aliphatic heterocycles. The first kappa shape index (κ1) is 16.8. The number of nitrogens with one attached hydrogen (secondary N) is 2. The molecule has 7 heteroatoms. The predicted octanol–water partition coefficient (Wildman–Crippen LogP) is 2.83. The number of nitrogens with zero attached hydrogens (tertiary/aromatic N) is 2. The van der Waals surface area contributed by atoms with E-state index in [0.29, 0.717) is 29.3 Å². The van der Waals surface area contributed by atoms with E-state index in [2.05, 4.69) is 21.4 Å². The van der Waals surface area contributed by atoms with Crippen molar-refractivity contribution in [3.05, 3.63) is 58.9 Å². The molecule has 3 rings (SSSR count). The van der Waals surface area contributed by atoms with E-state index in [9.17, 15) is 4.79 Å². The lowest BCUT2D eigenvalue weighted by Crippen LogP contribution is -2.30.